The Hall–Kier alpha value is -0.940. The Morgan fingerprint density at radius 1 is 1.05 bits per heavy atom. The second-order valence-electron chi connectivity index (χ2n) is 6.62. The molecule has 4 aliphatic carbocycles. The molecule has 4 rings (SSSR count). The zero-order valence-corrected chi connectivity index (χ0v) is 10.7. The molecule has 108 valence electrons. The highest BCUT2D eigenvalue weighted by atomic mass is 19.4. The molecule has 0 aromatic carbocycles. The van der Waals surface area contributed by atoms with Gasteiger partial charge in [-0.1, -0.05) is 0 Å². The zero-order chi connectivity index (χ0) is 13.7. The van der Waals surface area contributed by atoms with Gasteiger partial charge in [-0.05, 0) is 56.3 Å². The van der Waals surface area contributed by atoms with E-state index in [1.54, 1.807) is 0 Å². The molecule has 0 heterocycles. The highest BCUT2D eigenvalue weighted by molar-refractivity contribution is 5.75. The predicted molar refractivity (Wildman–Crippen MR) is 63.5 cm³/mol. The first-order chi connectivity index (χ1) is 8.84. The molecule has 0 spiro atoms. The number of nitrogens with one attached hydrogen (secondary N) is 2. The lowest BCUT2D eigenvalue weighted by Crippen LogP contribution is -2.61. The second kappa shape index (κ2) is 4.28. The Bertz CT molecular complexity index is 345. The standard InChI is InChI=1S/C13H19F3N2O/c14-13(15,16)7-17-11(19)18-12-4-8-1-9(5-12)3-10(2-8)6-12/h8-10H,1-7H2,(H2,17,18,19). The molecular formula is C13H19F3N2O. The minimum Gasteiger partial charge on any atom is -0.333 e. The van der Waals surface area contributed by atoms with E-state index in [0.29, 0.717) is 17.8 Å². The summed E-state index contributed by atoms with van der Waals surface area (Å²) in [6.07, 6.45) is 2.20. The van der Waals surface area contributed by atoms with Crippen LogP contribution in [0, 0.1) is 17.8 Å². The number of carbonyl (C=O) groups is 1. The third-order valence-electron chi connectivity index (χ3n) is 4.87. The lowest BCUT2D eigenvalue weighted by molar-refractivity contribution is -0.123. The van der Waals surface area contributed by atoms with Crippen LogP contribution in [-0.4, -0.2) is 24.3 Å². The third-order valence-corrected chi connectivity index (χ3v) is 4.87. The summed E-state index contributed by atoms with van der Waals surface area (Å²) in [6, 6.07) is -0.667. The first kappa shape index (κ1) is 13.1. The molecule has 3 nitrogen and oxygen atoms in total. The molecule has 0 aliphatic heterocycles. The Morgan fingerprint density at radius 3 is 1.95 bits per heavy atom. The van der Waals surface area contributed by atoms with E-state index < -0.39 is 18.8 Å². The number of halogens is 3. The van der Waals surface area contributed by atoms with Crippen LogP contribution in [0.2, 0.25) is 0 Å². The van der Waals surface area contributed by atoms with E-state index in [4.69, 9.17) is 0 Å². The summed E-state index contributed by atoms with van der Waals surface area (Å²) in [7, 11) is 0. The fraction of sp³-hybridized carbons (Fsp3) is 0.923. The largest absolute Gasteiger partial charge is 0.405 e. The van der Waals surface area contributed by atoms with Crippen molar-refractivity contribution in [2.24, 2.45) is 17.8 Å². The summed E-state index contributed by atoms with van der Waals surface area (Å²) in [5.41, 5.74) is -0.232. The highest BCUT2D eigenvalue weighted by Crippen LogP contribution is 2.55. The molecule has 0 unspecified atom stereocenters. The number of hydrogen-bond donors (Lipinski definition) is 2. The molecule has 6 heteroatoms. The van der Waals surface area contributed by atoms with Crippen LogP contribution in [0.5, 0.6) is 0 Å². The van der Waals surface area contributed by atoms with Gasteiger partial charge in [0.25, 0.3) is 0 Å². The first-order valence-electron chi connectivity index (χ1n) is 6.96. The Morgan fingerprint density at radius 2 is 1.53 bits per heavy atom. The van der Waals surface area contributed by atoms with Gasteiger partial charge in [0.05, 0.1) is 0 Å². The van der Waals surface area contributed by atoms with Crippen LogP contribution >= 0.6 is 0 Å². The van der Waals surface area contributed by atoms with Crippen molar-refractivity contribution in [3.8, 4) is 0 Å². The van der Waals surface area contributed by atoms with Crippen LogP contribution in [0.15, 0.2) is 0 Å². The molecule has 2 N–H and O–H groups in total. The number of carbonyl (C=O) groups excluding carboxylic acids is 1. The van der Waals surface area contributed by atoms with Gasteiger partial charge >= 0.3 is 12.2 Å². The molecule has 4 saturated carbocycles. The van der Waals surface area contributed by atoms with Crippen molar-refractivity contribution in [1.82, 2.24) is 10.6 Å². The molecule has 0 atom stereocenters. The Kier molecular flexibility index (Phi) is 2.94. The number of amides is 2. The van der Waals surface area contributed by atoms with Crippen molar-refractivity contribution >= 4 is 6.03 Å². The average molecular weight is 276 g/mol. The van der Waals surface area contributed by atoms with Crippen LogP contribution in [0.4, 0.5) is 18.0 Å². The van der Waals surface area contributed by atoms with Crippen molar-refractivity contribution in [2.45, 2.75) is 50.2 Å². The summed E-state index contributed by atoms with van der Waals surface area (Å²) in [6.45, 7) is -1.26. The van der Waals surface area contributed by atoms with E-state index in [2.05, 4.69) is 5.32 Å². The number of hydrogen-bond acceptors (Lipinski definition) is 1. The summed E-state index contributed by atoms with van der Waals surface area (Å²) < 4.78 is 36.2. The minimum atomic E-state index is -4.35. The molecule has 4 fully saturated rings. The summed E-state index contributed by atoms with van der Waals surface area (Å²) in [4.78, 5) is 11.7. The quantitative estimate of drug-likeness (QED) is 0.800. The van der Waals surface area contributed by atoms with Crippen molar-refractivity contribution in [3.05, 3.63) is 0 Å². The van der Waals surface area contributed by atoms with Gasteiger partial charge in [0, 0.05) is 5.54 Å². The maximum atomic E-state index is 12.1. The summed E-state index contributed by atoms with van der Waals surface area (Å²) in [5, 5.41) is 4.77. The lowest BCUT2D eigenvalue weighted by atomic mass is 9.53. The topological polar surface area (TPSA) is 41.1 Å². The minimum absolute atomic E-state index is 0.232. The monoisotopic (exact) mass is 276 g/mol. The van der Waals surface area contributed by atoms with E-state index >= 15 is 0 Å². The molecule has 0 saturated heterocycles. The number of urea groups is 1. The van der Waals surface area contributed by atoms with Gasteiger partial charge in [0.2, 0.25) is 0 Å². The Balaban J connectivity index is 1.59. The molecule has 0 radical (unpaired) electrons. The van der Waals surface area contributed by atoms with E-state index in [9.17, 15) is 18.0 Å². The fourth-order valence-electron chi connectivity index (χ4n) is 4.73. The molecule has 4 aliphatic rings. The third kappa shape index (κ3) is 2.82. The molecular weight excluding hydrogens is 257 g/mol. The van der Waals surface area contributed by atoms with E-state index in [-0.39, 0.29) is 5.54 Å². The normalized spacial score (nSPS) is 40.3. The van der Waals surface area contributed by atoms with E-state index in [1.807, 2.05) is 5.32 Å². The fourth-order valence-corrected chi connectivity index (χ4v) is 4.73. The van der Waals surface area contributed by atoms with Crippen LogP contribution < -0.4 is 10.6 Å². The first-order valence-corrected chi connectivity index (χ1v) is 6.96. The van der Waals surface area contributed by atoms with Crippen molar-refractivity contribution in [2.75, 3.05) is 6.54 Å². The molecule has 0 aromatic rings. The predicted octanol–water partition coefficient (Wildman–Crippen LogP) is 2.82. The lowest BCUT2D eigenvalue weighted by Gasteiger charge is -2.56. The maximum Gasteiger partial charge on any atom is 0.405 e. The number of rotatable bonds is 2. The van der Waals surface area contributed by atoms with Gasteiger partial charge in [-0.25, -0.2) is 4.79 Å². The summed E-state index contributed by atoms with van der Waals surface area (Å²) in [5.74, 6) is 1.98. The van der Waals surface area contributed by atoms with Crippen molar-refractivity contribution in [3.63, 3.8) is 0 Å². The van der Waals surface area contributed by atoms with Crippen LogP contribution in [0.1, 0.15) is 38.5 Å². The van der Waals surface area contributed by atoms with E-state index in [0.717, 1.165) is 19.3 Å². The molecule has 4 bridgehead atoms. The van der Waals surface area contributed by atoms with Crippen LogP contribution in [0.3, 0.4) is 0 Å². The van der Waals surface area contributed by atoms with Crippen LogP contribution in [-0.2, 0) is 0 Å². The van der Waals surface area contributed by atoms with Gasteiger partial charge in [-0.2, -0.15) is 13.2 Å². The van der Waals surface area contributed by atoms with Crippen molar-refractivity contribution in [1.29, 1.82) is 0 Å². The second-order valence-corrected chi connectivity index (χ2v) is 6.62. The maximum absolute atomic E-state index is 12.1. The summed E-state index contributed by atoms with van der Waals surface area (Å²) >= 11 is 0. The van der Waals surface area contributed by atoms with Gasteiger partial charge in [-0.15, -0.1) is 0 Å². The highest BCUT2D eigenvalue weighted by Gasteiger charge is 2.51. The zero-order valence-electron chi connectivity index (χ0n) is 10.7. The smallest absolute Gasteiger partial charge is 0.333 e. The SMILES string of the molecule is O=C(NCC(F)(F)F)NC12CC3CC(CC(C3)C1)C2. The van der Waals surface area contributed by atoms with Crippen LogP contribution in [0.25, 0.3) is 0 Å². The average Bonchev–Trinajstić information content (AvgIpc) is 2.22. The van der Waals surface area contributed by atoms with Gasteiger partial charge in [0.15, 0.2) is 0 Å². The Labute approximate surface area is 110 Å². The van der Waals surface area contributed by atoms with Crippen molar-refractivity contribution < 1.29 is 18.0 Å². The molecule has 19 heavy (non-hydrogen) atoms. The van der Waals surface area contributed by atoms with Gasteiger partial charge in [-0.3, -0.25) is 0 Å². The molecule has 0 aromatic heterocycles. The van der Waals surface area contributed by atoms with E-state index in [1.165, 1.54) is 19.3 Å². The van der Waals surface area contributed by atoms with Gasteiger partial charge in [0.1, 0.15) is 6.54 Å². The van der Waals surface area contributed by atoms with Gasteiger partial charge < -0.3 is 10.6 Å². The number of alkyl halides is 3. The molecule has 2 amide bonds.